The summed E-state index contributed by atoms with van der Waals surface area (Å²) in [7, 11) is 3.25. The minimum atomic E-state index is 0.526. The van der Waals surface area contributed by atoms with Gasteiger partial charge in [0.15, 0.2) is 17.3 Å². The molecule has 0 aliphatic rings. The summed E-state index contributed by atoms with van der Waals surface area (Å²) in [6.45, 7) is 2.24. The SMILES string of the molecule is CCCCCCCCCc1noc(/C=C/c2ccc(OC)c(OC)c2)n1. The van der Waals surface area contributed by atoms with Crippen molar-refractivity contribution in [2.24, 2.45) is 0 Å². The van der Waals surface area contributed by atoms with E-state index in [0.717, 1.165) is 24.2 Å². The Balaban J connectivity index is 1.79. The zero-order valence-electron chi connectivity index (χ0n) is 16.2. The first-order chi connectivity index (χ1) is 12.8. The Morgan fingerprint density at radius 1 is 0.923 bits per heavy atom. The van der Waals surface area contributed by atoms with Gasteiger partial charge in [-0.25, -0.2) is 0 Å². The minimum absolute atomic E-state index is 0.526. The molecule has 5 nitrogen and oxygen atoms in total. The molecule has 0 amide bonds. The van der Waals surface area contributed by atoms with Crippen LogP contribution in [0.25, 0.3) is 12.2 Å². The molecule has 0 bridgehead atoms. The maximum atomic E-state index is 5.31. The number of unbranched alkanes of at least 4 members (excludes halogenated alkanes) is 6. The van der Waals surface area contributed by atoms with Crippen LogP contribution in [0, 0.1) is 0 Å². The Bertz CT molecular complexity index is 680. The molecule has 0 saturated heterocycles. The predicted molar refractivity (Wildman–Crippen MR) is 104 cm³/mol. The molecule has 142 valence electrons. The van der Waals surface area contributed by atoms with Gasteiger partial charge in [0.1, 0.15) is 0 Å². The van der Waals surface area contributed by atoms with Crippen LogP contribution in [-0.2, 0) is 6.42 Å². The lowest BCUT2D eigenvalue weighted by atomic mass is 10.1. The summed E-state index contributed by atoms with van der Waals surface area (Å²) in [5.41, 5.74) is 0.981. The van der Waals surface area contributed by atoms with Gasteiger partial charge in [0.05, 0.1) is 14.2 Å². The van der Waals surface area contributed by atoms with Gasteiger partial charge in [0, 0.05) is 12.5 Å². The van der Waals surface area contributed by atoms with E-state index in [2.05, 4.69) is 17.1 Å². The molecular weight excluding hydrogens is 328 g/mol. The normalized spacial score (nSPS) is 11.2. The molecule has 0 radical (unpaired) electrons. The number of hydrogen-bond acceptors (Lipinski definition) is 5. The van der Waals surface area contributed by atoms with Crippen LogP contribution in [0.3, 0.4) is 0 Å². The highest BCUT2D eigenvalue weighted by atomic mass is 16.5. The van der Waals surface area contributed by atoms with Crippen molar-refractivity contribution < 1.29 is 14.0 Å². The Morgan fingerprint density at radius 3 is 2.38 bits per heavy atom. The zero-order chi connectivity index (χ0) is 18.6. The van der Waals surface area contributed by atoms with E-state index in [1.54, 1.807) is 14.2 Å². The Labute approximate surface area is 156 Å². The third kappa shape index (κ3) is 6.54. The number of nitrogens with zero attached hydrogens (tertiary/aromatic N) is 2. The van der Waals surface area contributed by atoms with Crippen LogP contribution in [-0.4, -0.2) is 24.4 Å². The Kier molecular flexibility index (Phi) is 8.73. The first-order valence-corrected chi connectivity index (χ1v) is 9.49. The van der Waals surface area contributed by atoms with Crippen molar-refractivity contribution in [3.8, 4) is 11.5 Å². The second kappa shape index (κ2) is 11.3. The third-order valence-corrected chi connectivity index (χ3v) is 4.31. The van der Waals surface area contributed by atoms with Crippen molar-refractivity contribution in [1.82, 2.24) is 10.1 Å². The van der Waals surface area contributed by atoms with E-state index in [-0.39, 0.29) is 0 Å². The molecule has 1 aromatic carbocycles. The molecule has 0 atom stereocenters. The van der Waals surface area contributed by atoms with Crippen LogP contribution in [0.5, 0.6) is 11.5 Å². The fraction of sp³-hybridized carbons (Fsp3) is 0.524. The number of ether oxygens (including phenoxy) is 2. The highest BCUT2D eigenvalue weighted by Crippen LogP contribution is 2.28. The monoisotopic (exact) mass is 358 g/mol. The lowest BCUT2D eigenvalue weighted by molar-refractivity contribution is 0.355. The minimum Gasteiger partial charge on any atom is -0.493 e. The van der Waals surface area contributed by atoms with E-state index >= 15 is 0 Å². The highest BCUT2D eigenvalue weighted by Gasteiger charge is 2.05. The van der Waals surface area contributed by atoms with Gasteiger partial charge >= 0.3 is 0 Å². The van der Waals surface area contributed by atoms with Crippen molar-refractivity contribution in [2.45, 2.75) is 58.3 Å². The summed E-state index contributed by atoms with van der Waals surface area (Å²) in [5.74, 6) is 2.71. The molecule has 0 aliphatic heterocycles. The van der Waals surface area contributed by atoms with Crippen LogP contribution in [0.4, 0.5) is 0 Å². The van der Waals surface area contributed by atoms with Crippen LogP contribution in [0.1, 0.15) is 69.1 Å². The van der Waals surface area contributed by atoms with Crippen molar-refractivity contribution in [3.63, 3.8) is 0 Å². The molecule has 0 N–H and O–H groups in total. The smallest absolute Gasteiger partial charge is 0.250 e. The molecule has 1 aromatic heterocycles. The first-order valence-electron chi connectivity index (χ1n) is 9.49. The molecule has 0 fully saturated rings. The Morgan fingerprint density at radius 2 is 1.65 bits per heavy atom. The second-order valence-corrected chi connectivity index (χ2v) is 6.37. The number of hydrogen-bond donors (Lipinski definition) is 0. The van der Waals surface area contributed by atoms with E-state index < -0.39 is 0 Å². The van der Waals surface area contributed by atoms with Gasteiger partial charge in [0.2, 0.25) is 0 Å². The number of methoxy groups -OCH3 is 2. The van der Waals surface area contributed by atoms with Crippen molar-refractivity contribution in [1.29, 1.82) is 0 Å². The van der Waals surface area contributed by atoms with Crippen LogP contribution in [0.2, 0.25) is 0 Å². The van der Waals surface area contributed by atoms with Gasteiger partial charge in [-0.2, -0.15) is 4.98 Å². The van der Waals surface area contributed by atoms with Gasteiger partial charge in [-0.15, -0.1) is 0 Å². The predicted octanol–water partition coefficient (Wildman–Crippen LogP) is 5.55. The van der Waals surface area contributed by atoms with Gasteiger partial charge in [0.25, 0.3) is 5.89 Å². The lowest BCUT2D eigenvalue weighted by Gasteiger charge is -2.07. The summed E-state index contributed by atoms with van der Waals surface area (Å²) < 4.78 is 15.8. The fourth-order valence-electron chi connectivity index (χ4n) is 2.80. The maximum absolute atomic E-state index is 5.31. The standard InChI is InChI=1S/C21H30N2O3/c1-4-5-6-7-8-9-10-11-20-22-21(26-23-20)15-13-17-12-14-18(24-2)19(16-17)25-3/h12-16H,4-11H2,1-3H3/b15-13+. The summed E-state index contributed by atoms with van der Waals surface area (Å²) in [6.07, 6.45) is 13.6. The molecule has 1 heterocycles. The number of aryl methyl sites for hydroxylation is 1. The summed E-state index contributed by atoms with van der Waals surface area (Å²) in [4.78, 5) is 4.43. The van der Waals surface area contributed by atoms with E-state index in [9.17, 15) is 0 Å². The highest BCUT2D eigenvalue weighted by molar-refractivity contribution is 5.67. The average molecular weight is 358 g/mol. The quantitative estimate of drug-likeness (QED) is 0.466. The summed E-state index contributed by atoms with van der Waals surface area (Å²) in [5, 5.41) is 4.05. The van der Waals surface area contributed by atoms with Crippen molar-refractivity contribution in [2.75, 3.05) is 14.2 Å². The molecule has 0 unspecified atom stereocenters. The van der Waals surface area contributed by atoms with Crippen LogP contribution in [0.15, 0.2) is 22.7 Å². The van der Waals surface area contributed by atoms with Crippen molar-refractivity contribution in [3.05, 3.63) is 35.5 Å². The Hall–Kier alpha value is -2.30. The topological polar surface area (TPSA) is 57.4 Å². The van der Waals surface area contributed by atoms with Gasteiger partial charge in [-0.1, -0.05) is 56.7 Å². The second-order valence-electron chi connectivity index (χ2n) is 6.37. The fourth-order valence-corrected chi connectivity index (χ4v) is 2.80. The number of benzene rings is 1. The molecule has 2 rings (SSSR count). The van der Waals surface area contributed by atoms with E-state index in [0.29, 0.717) is 17.4 Å². The van der Waals surface area contributed by atoms with Gasteiger partial charge < -0.3 is 14.0 Å². The van der Waals surface area contributed by atoms with E-state index in [4.69, 9.17) is 14.0 Å². The molecule has 2 aromatic rings. The first kappa shape index (κ1) is 20.0. The average Bonchev–Trinajstić information content (AvgIpc) is 3.13. The van der Waals surface area contributed by atoms with E-state index in [1.807, 2.05) is 30.4 Å². The third-order valence-electron chi connectivity index (χ3n) is 4.31. The summed E-state index contributed by atoms with van der Waals surface area (Å²) in [6, 6.07) is 5.73. The van der Waals surface area contributed by atoms with E-state index in [1.165, 1.54) is 38.5 Å². The van der Waals surface area contributed by atoms with Gasteiger partial charge in [-0.05, 0) is 30.2 Å². The molecule has 0 saturated carbocycles. The zero-order valence-corrected chi connectivity index (χ0v) is 16.2. The number of aromatic nitrogens is 2. The van der Waals surface area contributed by atoms with Crippen molar-refractivity contribution >= 4 is 12.2 Å². The van der Waals surface area contributed by atoms with Gasteiger partial charge in [-0.3, -0.25) is 0 Å². The molecule has 0 spiro atoms. The molecule has 26 heavy (non-hydrogen) atoms. The van der Waals surface area contributed by atoms with Crippen LogP contribution < -0.4 is 9.47 Å². The molecule has 0 aliphatic carbocycles. The molecular formula is C21H30N2O3. The number of rotatable bonds is 12. The maximum Gasteiger partial charge on any atom is 0.250 e. The molecule has 5 heteroatoms. The summed E-state index contributed by atoms with van der Waals surface area (Å²) >= 11 is 0. The van der Waals surface area contributed by atoms with Crippen LogP contribution >= 0.6 is 0 Å². The largest absolute Gasteiger partial charge is 0.493 e. The lowest BCUT2D eigenvalue weighted by Crippen LogP contribution is -1.90.